The average Bonchev–Trinajstić information content (AvgIpc) is 3.03. The highest BCUT2D eigenvalue weighted by Gasteiger charge is 2.13. The van der Waals surface area contributed by atoms with Crippen LogP contribution >= 0.6 is 34.5 Å². The number of thiazole rings is 1. The standard InChI is InChI=1S/C22H22Cl2N2O2S/c1-3-5-6-11-28-17-9-7-8-15(12-17)21(27)25-22-26(10-4-2)20-18(24)13-16(23)14-19(20)29-22/h4,7-9,12-14H,2-3,5-6,10-11H2,1H3. The second-order valence-electron chi connectivity index (χ2n) is 6.52. The van der Waals surface area contributed by atoms with Crippen molar-refractivity contribution in [2.75, 3.05) is 6.61 Å². The van der Waals surface area contributed by atoms with E-state index in [2.05, 4.69) is 18.5 Å². The van der Waals surface area contributed by atoms with Crippen LogP contribution in [0.15, 0.2) is 54.0 Å². The first-order chi connectivity index (χ1) is 14.0. The van der Waals surface area contributed by atoms with Gasteiger partial charge in [-0.3, -0.25) is 4.79 Å². The van der Waals surface area contributed by atoms with Crippen LogP contribution in [0.25, 0.3) is 10.2 Å². The Morgan fingerprint density at radius 3 is 2.86 bits per heavy atom. The minimum atomic E-state index is -0.337. The number of hydrogen-bond donors (Lipinski definition) is 0. The number of carbonyl (C=O) groups is 1. The molecule has 0 fully saturated rings. The summed E-state index contributed by atoms with van der Waals surface area (Å²) in [5, 5.41) is 1.06. The molecule has 1 amide bonds. The highest BCUT2D eigenvalue weighted by molar-refractivity contribution is 7.16. The number of fused-ring (bicyclic) bond motifs is 1. The van der Waals surface area contributed by atoms with Gasteiger partial charge in [-0.2, -0.15) is 4.99 Å². The molecule has 0 aliphatic heterocycles. The van der Waals surface area contributed by atoms with E-state index in [0.717, 1.165) is 29.5 Å². The molecule has 0 radical (unpaired) electrons. The Bertz CT molecular complexity index is 1100. The third kappa shape index (κ3) is 5.30. The third-order valence-corrected chi connectivity index (χ3v) is 5.83. The van der Waals surface area contributed by atoms with E-state index in [0.29, 0.717) is 39.3 Å². The predicted molar refractivity (Wildman–Crippen MR) is 121 cm³/mol. The van der Waals surface area contributed by atoms with E-state index in [1.807, 2.05) is 16.7 Å². The van der Waals surface area contributed by atoms with E-state index < -0.39 is 0 Å². The monoisotopic (exact) mass is 448 g/mol. The van der Waals surface area contributed by atoms with Gasteiger partial charge in [0.05, 0.1) is 21.8 Å². The summed E-state index contributed by atoms with van der Waals surface area (Å²) in [6.07, 6.45) is 4.99. The number of rotatable bonds is 8. The van der Waals surface area contributed by atoms with Gasteiger partial charge in [0.1, 0.15) is 5.75 Å². The largest absolute Gasteiger partial charge is 0.494 e. The Hall–Kier alpha value is -2.08. The number of halogens is 2. The van der Waals surface area contributed by atoms with Crippen LogP contribution in [0.5, 0.6) is 5.75 Å². The van der Waals surface area contributed by atoms with Gasteiger partial charge < -0.3 is 9.30 Å². The first-order valence-corrected chi connectivity index (χ1v) is 11.0. The molecule has 0 saturated carbocycles. The van der Waals surface area contributed by atoms with Gasteiger partial charge in [0.25, 0.3) is 5.91 Å². The lowest BCUT2D eigenvalue weighted by molar-refractivity contribution is 0.0997. The fraction of sp³-hybridized carbons (Fsp3) is 0.273. The van der Waals surface area contributed by atoms with Gasteiger partial charge in [0.15, 0.2) is 4.80 Å². The van der Waals surface area contributed by atoms with Crippen LogP contribution in [0.1, 0.15) is 36.5 Å². The van der Waals surface area contributed by atoms with Gasteiger partial charge in [-0.25, -0.2) is 0 Å². The zero-order chi connectivity index (χ0) is 20.8. The molecule has 0 N–H and O–H groups in total. The molecule has 0 aliphatic carbocycles. The Morgan fingerprint density at radius 2 is 2.10 bits per heavy atom. The van der Waals surface area contributed by atoms with Crippen molar-refractivity contribution in [1.29, 1.82) is 0 Å². The number of hydrogen-bond acceptors (Lipinski definition) is 3. The van der Waals surface area contributed by atoms with E-state index >= 15 is 0 Å². The van der Waals surface area contributed by atoms with Gasteiger partial charge in [0, 0.05) is 17.1 Å². The Labute approximate surface area is 184 Å². The lowest BCUT2D eigenvalue weighted by atomic mass is 10.2. The number of ether oxygens (including phenoxy) is 1. The van der Waals surface area contributed by atoms with E-state index in [9.17, 15) is 4.79 Å². The number of nitrogens with zero attached hydrogens (tertiary/aromatic N) is 2. The molecule has 0 atom stereocenters. The van der Waals surface area contributed by atoms with Crippen molar-refractivity contribution in [2.24, 2.45) is 4.99 Å². The molecular formula is C22H22Cl2N2O2S. The molecular weight excluding hydrogens is 427 g/mol. The second-order valence-corrected chi connectivity index (χ2v) is 8.37. The normalized spacial score (nSPS) is 11.8. The molecule has 4 nitrogen and oxygen atoms in total. The summed E-state index contributed by atoms with van der Waals surface area (Å²) in [5.41, 5.74) is 1.27. The van der Waals surface area contributed by atoms with Gasteiger partial charge in [-0.1, -0.05) is 66.4 Å². The summed E-state index contributed by atoms with van der Waals surface area (Å²) >= 11 is 13.9. The van der Waals surface area contributed by atoms with Crippen LogP contribution in [0.4, 0.5) is 0 Å². The molecule has 3 rings (SSSR count). The van der Waals surface area contributed by atoms with Crippen molar-refractivity contribution in [3.05, 3.63) is 69.5 Å². The van der Waals surface area contributed by atoms with Crippen molar-refractivity contribution in [1.82, 2.24) is 4.57 Å². The van der Waals surface area contributed by atoms with Crippen LogP contribution in [0.3, 0.4) is 0 Å². The summed E-state index contributed by atoms with van der Waals surface area (Å²) < 4.78 is 8.48. The molecule has 7 heteroatoms. The minimum absolute atomic E-state index is 0.337. The van der Waals surface area contributed by atoms with Crippen molar-refractivity contribution in [3.8, 4) is 5.75 Å². The Balaban J connectivity index is 1.94. The summed E-state index contributed by atoms with van der Waals surface area (Å²) in [4.78, 5) is 17.7. The molecule has 1 aromatic heterocycles. The maximum absolute atomic E-state index is 12.8. The lowest BCUT2D eigenvalue weighted by Gasteiger charge is -2.06. The van der Waals surface area contributed by atoms with Crippen LogP contribution in [0, 0.1) is 0 Å². The third-order valence-electron chi connectivity index (χ3n) is 4.30. The van der Waals surface area contributed by atoms with Crippen LogP contribution < -0.4 is 9.54 Å². The minimum Gasteiger partial charge on any atom is -0.494 e. The zero-order valence-corrected chi connectivity index (χ0v) is 18.5. The number of aromatic nitrogens is 1. The Kier molecular flexibility index (Phi) is 7.53. The van der Waals surface area contributed by atoms with E-state index in [1.54, 1.807) is 30.3 Å². The highest BCUT2D eigenvalue weighted by atomic mass is 35.5. The maximum atomic E-state index is 12.8. The quantitative estimate of drug-likeness (QED) is 0.291. The second kappa shape index (κ2) is 10.1. The average molecular weight is 449 g/mol. The van der Waals surface area contributed by atoms with Crippen molar-refractivity contribution >= 4 is 50.7 Å². The molecule has 0 bridgehead atoms. The summed E-state index contributed by atoms with van der Waals surface area (Å²) in [6.45, 7) is 7.06. The topological polar surface area (TPSA) is 43.6 Å². The predicted octanol–water partition coefficient (Wildman–Crippen LogP) is 6.51. The van der Waals surface area contributed by atoms with E-state index in [4.69, 9.17) is 27.9 Å². The molecule has 0 aliphatic rings. The first kappa shape index (κ1) is 21.6. The molecule has 0 spiro atoms. The fourth-order valence-corrected chi connectivity index (χ4v) is 4.75. The summed E-state index contributed by atoms with van der Waals surface area (Å²) in [6, 6.07) is 10.6. The number of benzene rings is 2. The molecule has 2 aromatic carbocycles. The molecule has 0 unspecified atom stereocenters. The highest BCUT2D eigenvalue weighted by Crippen LogP contribution is 2.29. The summed E-state index contributed by atoms with van der Waals surface area (Å²) in [7, 11) is 0. The van der Waals surface area contributed by atoms with Crippen molar-refractivity contribution in [2.45, 2.75) is 32.7 Å². The molecule has 29 heavy (non-hydrogen) atoms. The Morgan fingerprint density at radius 1 is 1.28 bits per heavy atom. The van der Waals surface area contributed by atoms with Crippen LogP contribution in [-0.4, -0.2) is 17.1 Å². The SMILES string of the molecule is C=CCn1c(=NC(=O)c2cccc(OCCCCC)c2)sc2cc(Cl)cc(Cl)c21. The molecule has 152 valence electrons. The van der Waals surface area contributed by atoms with Gasteiger partial charge >= 0.3 is 0 Å². The maximum Gasteiger partial charge on any atom is 0.279 e. The van der Waals surface area contributed by atoms with E-state index in [1.165, 1.54) is 11.3 Å². The molecule has 3 aromatic rings. The fourth-order valence-electron chi connectivity index (χ4n) is 2.93. The van der Waals surface area contributed by atoms with Crippen LogP contribution in [0.2, 0.25) is 10.0 Å². The number of allylic oxidation sites excluding steroid dienone is 1. The summed E-state index contributed by atoms with van der Waals surface area (Å²) in [5.74, 6) is 0.336. The first-order valence-electron chi connectivity index (χ1n) is 9.44. The number of unbranched alkanes of at least 4 members (excludes halogenated alkanes) is 2. The van der Waals surface area contributed by atoms with Gasteiger partial charge in [0.2, 0.25) is 0 Å². The van der Waals surface area contributed by atoms with Crippen LogP contribution in [-0.2, 0) is 6.54 Å². The smallest absolute Gasteiger partial charge is 0.279 e. The van der Waals surface area contributed by atoms with Gasteiger partial charge in [-0.05, 0) is 36.8 Å². The number of carbonyl (C=O) groups excluding carboxylic acids is 1. The number of amides is 1. The lowest BCUT2D eigenvalue weighted by Crippen LogP contribution is -2.16. The van der Waals surface area contributed by atoms with Crippen molar-refractivity contribution < 1.29 is 9.53 Å². The van der Waals surface area contributed by atoms with Gasteiger partial charge in [-0.15, -0.1) is 6.58 Å². The molecule has 0 saturated heterocycles. The van der Waals surface area contributed by atoms with Crippen molar-refractivity contribution in [3.63, 3.8) is 0 Å². The zero-order valence-electron chi connectivity index (χ0n) is 16.2. The van der Waals surface area contributed by atoms with E-state index in [-0.39, 0.29) is 5.91 Å². The molecule has 1 heterocycles.